The van der Waals surface area contributed by atoms with Gasteiger partial charge in [0, 0.05) is 16.7 Å². The van der Waals surface area contributed by atoms with Gasteiger partial charge in [-0.25, -0.2) is 14.0 Å². The SMILES string of the molecule is CC(C)(C)OC(=O)N(C(=O)OC(C)(C)C)c1noc2cc(COc3ccc(F)c(Cl)c3)c(Cl)cc12. The van der Waals surface area contributed by atoms with E-state index in [0.717, 1.165) is 0 Å². The molecule has 11 heteroatoms. The van der Waals surface area contributed by atoms with Crippen molar-refractivity contribution in [1.82, 2.24) is 5.16 Å². The highest BCUT2D eigenvalue weighted by molar-refractivity contribution is 6.32. The van der Waals surface area contributed by atoms with Crippen LogP contribution in [0.3, 0.4) is 0 Å². The molecule has 1 aromatic heterocycles. The zero-order valence-corrected chi connectivity index (χ0v) is 21.6. The lowest BCUT2D eigenvalue weighted by molar-refractivity contribution is 0.0428. The van der Waals surface area contributed by atoms with Crippen molar-refractivity contribution in [3.8, 4) is 5.75 Å². The molecule has 0 radical (unpaired) electrons. The monoisotopic (exact) mass is 526 g/mol. The van der Waals surface area contributed by atoms with Gasteiger partial charge < -0.3 is 18.7 Å². The number of anilines is 1. The Kier molecular flexibility index (Phi) is 7.52. The van der Waals surface area contributed by atoms with Crippen LogP contribution >= 0.6 is 23.2 Å². The number of amides is 2. The van der Waals surface area contributed by atoms with Crippen molar-refractivity contribution in [3.05, 3.63) is 51.8 Å². The summed E-state index contributed by atoms with van der Waals surface area (Å²) in [7, 11) is 0. The topological polar surface area (TPSA) is 91.1 Å². The molecule has 0 aliphatic carbocycles. The zero-order chi connectivity index (χ0) is 26.1. The molecule has 0 atom stereocenters. The predicted molar refractivity (Wildman–Crippen MR) is 130 cm³/mol. The third kappa shape index (κ3) is 6.76. The molecule has 0 saturated heterocycles. The lowest BCUT2D eigenvalue weighted by Gasteiger charge is -2.27. The summed E-state index contributed by atoms with van der Waals surface area (Å²) in [6, 6.07) is 7.00. The number of benzene rings is 2. The fourth-order valence-electron chi connectivity index (χ4n) is 2.85. The van der Waals surface area contributed by atoms with Gasteiger partial charge in [0.05, 0.1) is 10.4 Å². The van der Waals surface area contributed by atoms with E-state index < -0.39 is 29.2 Å². The number of nitrogens with zero attached hydrogens (tertiary/aromatic N) is 2. The molecule has 188 valence electrons. The number of fused-ring (bicyclic) bond motifs is 1. The summed E-state index contributed by atoms with van der Waals surface area (Å²) in [4.78, 5) is 26.5. The number of carbonyl (C=O) groups is 2. The second-order valence-electron chi connectivity index (χ2n) is 9.61. The van der Waals surface area contributed by atoms with Crippen LogP contribution < -0.4 is 9.64 Å². The van der Waals surface area contributed by atoms with Gasteiger partial charge >= 0.3 is 12.2 Å². The molecule has 0 spiro atoms. The third-order valence-electron chi connectivity index (χ3n) is 4.27. The van der Waals surface area contributed by atoms with E-state index in [1.165, 1.54) is 24.3 Å². The molecular formula is C24H25Cl2FN2O6. The normalized spacial score (nSPS) is 11.9. The highest BCUT2D eigenvalue weighted by Crippen LogP contribution is 2.33. The first-order valence-electron chi connectivity index (χ1n) is 10.6. The van der Waals surface area contributed by atoms with Crippen LogP contribution in [0.1, 0.15) is 47.1 Å². The minimum atomic E-state index is -0.987. The van der Waals surface area contributed by atoms with E-state index in [1.807, 2.05) is 0 Å². The fourth-order valence-corrected chi connectivity index (χ4v) is 3.24. The van der Waals surface area contributed by atoms with Crippen molar-refractivity contribution in [2.75, 3.05) is 4.90 Å². The molecule has 0 saturated carbocycles. The number of imide groups is 1. The predicted octanol–water partition coefficient (Wildman–Crippen LogP) is 7.53. The van der Waals surface area contributed by atoms with Gasteiger partial charge in [0.2, 0.25) is 0 Å². The quantitative estimate of drug-likeness (QED) is 0.346. The summed E-state index contributed by atoms with van der Waals surface area (Å²) in [6.45, 7) is 9.99. The number of aromatic nitrogens is 1. The maximum atomic E-state index is 13.4. The van der Waals surface area contributed by atoms with E-state index in [2.05, 4.69) is 5.16 Å². The summed E-state index contributed by atoms with van der Waals surface area (Å²) in [5.74, 6) is -0.359. The summed E-state index contributed by atoms with van der Waals surface area (Å²) in [6.07, 6.45) is -1.97. The van der Waals surface area contributed by atoms with Crippen molar-refractivity contribution in [1.29, 1.82) is 0 Å². The highest BCUT2D eigenvalue weighted by Gasteiger charge is 2.36. The van der Waals surface area contributed by atoms with Crippen LogP contribution in [0.15, 0.2) is 34.9 Å². The maximum Gasteiger partial charge on any atom is 0.425 e. The molecule has 3 rings (SSSR count). The zero-order valence-electron chi connectivity index (χ0n) is 20.1. The van der Waals surface area contributed by atoms with Crippen LogP contribution in [0.25, 0.3) is 11.0 Å². The van der Waals surface area contributed by atoms with Gasteiger partial charge in [-0.2, -0.15) is 4.90 Å². The molecule has 8 nitrogen and oxygen atoms in total. The van der Waals surface area contributed by atoms with E-state index in [-0.39, 0.29) is 33.4 Å². The summed E-state index contributed by atoms with van der Waals surface area (Å²) >= 11 is 12.2. The van der Waals surface area contributed by atoms with Crippen LogP contribution in [0.2, 0.25) is 10.0 Å². The lowest BCUT2D eigenvalue weighted by atomic mass is 10.1. The first-order valence-corrected chi connectivity index (χ1v) is 11.3. The van der Waals surface area contributed by atoms with Crippen molar-refractivity contribution in [3.63, 3.8) is 0 Å². The van der Waals surface area contributed by atoms with Crippen LogP contribution in [0.4, 0.5) is 19.8 Å². The van der Waals surface area contributed by atoms with Gasteiger partial charge in [-0.15, -0.1) is 0 Å². The number of ether oxygens (including phenoxy) is 3. The number of halogens is 3. The Morgan fingerprint density at radius 1 is 0.971 bits per heavy atom. The summed E-state index contributed by atoms with van der Waals surface area (Å²) < 4.78 is 35.2. The van der Waals surface area contributed by atoms with E-state index >= 15 is 0 Å². The molecule has 35 heavy (non-hydrogen) atoms. The molecule has 3 aromatic rings. The van der Waals surface area contributed by atoms with Crippen molar-refractivity contribution in [2.45, 2.75) is 59.4 Å². The standard InChI is InChI=1S/C24H25Cl2FN2O6/c1-23(2,3)33-21(30)29(22(31)34-24(4,5)6)20-15-11-16(25)13(9-19(15)35-28-20)12-32-14-7-8-18(27)17(26)10-14/h7-11H,12H2,1-6H3. The Bertz CT molecular complexity index is 1240. The molecule has 0 bridgehead atoms. The van der Waals surface area contributed by atoms with Crippen molar-refractivity contribution >= 4 is 52.2 Å². The Balaban J connectivity index is 1.95. The number of hydrogen-bond acceptors (Lipinski definition) is 7. The van der Waals surface area contributed by atoms with Gasteiger partial charge in [0.15, 0.2) is 11.4 Å². The van der Waals surface area contributed by atoms with Gasteiger partial charge in [-0.3, -0.25) is 0 Å². The number of carbonyl (C=O) groups excluding carboxylic acids is 2. The van der Waals surface area contributed by atoms with Gasteiger partial charge in [0.1, 0.15) is 29.4 Å². The Morgan fingerprint density at radius 2 is 1.57 bits per heavy atom. The van der Waals surface area contributed by atoms with Gasteiger partial charge in [-0.05, 0) is 65.8 Å². The second-order valence-corrected chi connectivity index (χ2v) is 10.4. The van der Waals surface area contributed by atoms with E-state index in [9.17, 15) is 14.0 Å². The highest BCUT2D eigenvalue weighted by atomic mass is 35.5. The van der Waals surface area contributed by atoms with Crippen LogP contribution in [0, 0.1) is 5.82 Å². The molecule has 1 heterocycles. The molecule has 0 aliphatic rings. The van der Waals surface area contributed by atoms with Gasteiger partial charge in [-0.1, -0.05) is 28.4 Å². The third-order valence-corrected chi connectivity index (χ3v) is 4.91. The van der Waals surface area contributed by atoms with Gasteiger partial charge in [0.25, 0.3) is 0 Å². The van der Waals surface area contributed by atoms with E-state index in [0.29, 0.717) is 16.2 Å². The van der Waals surface area contributed by atoms with E-state index in [1.54, 1.807) is 47.6 Å². The largest absolute Gasteiger partial charge is 0.489 e. The van der Waals surface area contributed by atoms with Crippen molar-refractivity contribution < 1.29 is 32.7 Å². The molecule has 0 aliphatic heterocycles. The van der Waals surface area contributed by atoms with Crippen LogP contribution in [0.5, 0.6) is 5.75 Å². The second kappa shape index (κ2) is 9.91. The Hall–Kier alpha value is -3.04. The van der Waals surface area contributed by atoms with Crippen molar-refractivity contribution in [2.24, 2.45) is 0 Å². The molecule has 0 fully saturated rings. The molecule has 2 amide bonds. The Morgan fingerprint density at radius 3 is 2.11 bits per heavy atom. The molecule has 0 unspecified atom stereocenters. The maximum absolute atomic E-state index is 13.4. The van der Waals surface area contributed by atoms with Crippen LogP contribution in [-0.4, -0.2) is 28.5 Å². The molecular weight excluding hydrogens is 502 g/mol. The number of rotatable bonds is 4. The van der Waals surface area contributed by atoms with Crippen LogP contribution in [-0.2, 0) is 16.1 Å². The van der Waals surface area contributed by atoms with E-state index in [4.69, 9.17) is 41.9 Å². The summed E-state index contributed by atoms with van der Waals surface area (Å²) in [5.41, 5.74) is -1.02. The first-order chi connectivity index (χ1) is 16.1. The Labute approximate surface area is 211 Å². The smallest absolute Gasteiger partial charge is 0.425 e. The minimum Gasteiger partial charge on any atom is -0.489 e. The lowest BCUT2D eigenvalue weighted by Crippen LogP contribution is -2.44. The average Bonchev–Trinajstić information content (AvgIpc) is 3.08. The average molecular weight is 527 g/mol. The fraction of sp³-hybridized carbons (Fsp3) is 0.375. The molecule has 0 N–H and O–H groups in total. The minimum absolute atomic E-state index is 0.00855. The summed E-state index contributed by atoms with van der Waals surface area (Å²) in [5, 5.41) is 4.37. The number of hydrogen-bond donors (Lipinski definition) is 0. The first kappa shape index (κ1) is 26.6. The molecule has 2 aromatic carbocycles.